The molecule has 0 aliphatic carbocycles. The van der Waals surface area contributed by atoms with Gasteiger partial charge in [-0.05, 0) is 46.3 Å². The summed E-state index contributed by atoms with van der Waals surface area (Å²) in [5, 5.41) is 2.75. The lowest BCUT2D eigenvalue weighted by Crippen LogP contribution is -2.14. The summed E-state index contributed by atoms with van der Waals surface area (Å²) in [5.41, 5.74) is 7.36. The van der Waals surface area contributed by atoms with Crippen molar-refractivity contribution in [2.24, 2.45) is 0 Å². The van der Waals surface area contributed by atoms with Crippen LogP contribution in [0.25, 0.3) is 10.2 Å². The minimum absolute atomic E-state index is 0.112. The molecule has 0 saturated carbocycles. The molecule has 0 spiro atoms. The van der Waals surface area contributed by atoms with Crippen molar-refractivity contribution >= 4 is 66.7 Å². The molecule has 1 aromatic carbocycles. The van der Waals surface area contributed by atoms with E-state index in [0.717, 1.165) is 19.0 Å². The van der Waals surface area contributed by atoms with Gasteiger partial charge in [-0.3, -0.25) is 4.79 Å². The standard InChI is InChI=1S/C14H11BrN4OS2/c15-8-1-4-12(17-6-8)19-13(20)7-21-14-18-10-3-2-9(16)5-11(10)22-14/h1-6H,7,16H2,(H,17,19,20). The molecule has 1 amide bonds. The zero-order chi connectivity index (χ0) is 15.5. The molecule has 0 fully saturated rings. The summed E-state index contributed by atoms with van der Waals surface area (Å²) in [6.45, 7) is 0. The number of benzene rings is 1. The number of fused-ring (bicyclic) bond motifs is 1. The first kappa shape index (κ1) is 15.3. The molecule has 3 aromatic rings. The number of carbonyl (C=O) groups is 1. The molecular formula is C14H11BrN4OS2. The van der Waals surface area contributed by atoms with E-state index in [2.05, 4.69) is 31.2 Å². The summed E-state index contributed by atoms with van der Waals surface area (Å²) in [6, 6.07) is 9.17. The maximum absolute atomic E-state index is 11.9. The van der Waals surface area contributed by atoms with Gasteiger partial charge < -0.3 is 11.1 Å². The Bertz CT molecular complexity index is 819. The predicted octanol–water partition coefficient (Wildman–Crippen LogP) is 3.77. The van der Waals surface area contributed by atoms with Gasteiger partial charge in [0.25, 0.3) is 0 Å². The number of pyridine rings is 1. The Morgan fingerprint density at radius 1 is 1.36 bits per heavy atom. The molecule has 0 aliphatic rings. The van der Waals surface area contributed by atoms with Crippen molar-refractivity contribution < 1.29 is 4.79 Å². The minimum atomic E-state index is -0.112. The van der Waals surface area contributed by atoms with Crippen molar-refractivity contribution in [1.82, 2.24) is 9.97 Å². The first-order valence-electron chi connectivity index (χ1n) is 6.30. The summed E-state index contributed by atoms with van der Waals surface area (Å²) in [7, 11) is 0. The number of thiazole rings is 1. The summed E-state index contributed by atoms with van der Waals surface area (Å²) < 4.78 is 2.74. The Labute approximate surface area is 143 Å². The molecule has 2 aromatic heterocycles. The van der Waals surface area contributed by atoms with Crippen LogP contribution in [0.5, 0.6) is 0 Å². The van der Waals surface area contributed by atoms with Crippen LogP contribution in [0.4, 0.5) is 11.5 Å². The quantitative estimate of drug-likeness (QED) is 0.519. The summed E-state index contributed by atoms with van der Waals surface area (Å²) in [5.74, 6) is 0.706. The van der Waals surface area contributed by atoms with Gasteiger partial charge in [-0.2, -0.15) is 0 Å². The number of nitrogens with zero attached hydrogens (tertiary/aromatic N) is 2. The minimum Gasteiger partial charge on any atom is -0.399 e. The van der Waals surface area contributed by atoms with Crippen LogP contribution in [0, 0.1) is 0 Å². The van der Waals surface area contributed by atoms with Gasteiger partial charge in [0.15, 0.2) is 4.34 Å². The van der Waals surface area contributed by atoms with E-state index < -0.39 is 0 Å². The zero-order valence-corrected chi connectivity index (χ0v) is 14.5. The smallest absolute Gasteiger partial charge is 0.235 e. The number of nitrogen functional groups attached to an aromatic ring is 1. The Morgan fingerprint density at radius 2 is 2.23 bits per heavy atom. The van der Waals surface area contributed by atoms with E-state index in [0.29, 0.717) is 11.5 Å². The van der Waals surface area contributed by atoms with E-state index >= 15 is 0 Å². The van der Waals surface area contributed by atoms with E-state index in [1.165, 1.54) is 23.1 Å². The number of amides is 1. The molecule has 0 unspecified atom stereocenters. The second kappa shape index (κ2) is 6.64. The number of rotatable bonds is 4. The number of hydrogen-bond acceptors (Lipinski definition) is 6. The van der Waals surface area contributed by atoms with Crippen molar-refractivity contribution in [2.75, 3.05) is 16.8 Å². The average molecular weight is 395 g/mol. The van der Waals surface area contributed by atoms with Gasteiger partial charge in [0, 0.05) is 16.4 Å². The molecule has 2 heterocycles. The molecule has 8 heteroatoms. The zero-order valence-electron chi connectivity index (χ0n) is 11.2. The molecule has 0 saturated heterocycles. The predicted molar refractivity (Wildman–Crippen MR) is 95.3 cm³/mol. The van der Waals surface area contributed by atoms with Crippen LogP contribution >= 0.6 is 39.0 Å². The van der Waals surface area contributed by atoms with E-state index in [4.69, 9.17) is 5.73 Å². The average Bonchev–Trinajstić information content (AvgIpc) is 2.89. The molecule has 112 valence electrons. The summed E-state index contributed by atoms with van der Waals surface area (Å²) in [6.07, 6.45) is 1.64. The number of carbonyl (C=O) groups excluding carboxylic acids is 1. The maximum Gasteiger partial charge on any atom is 0.235 e. The van der Waals surface area contributed by atoms with E-state index in [-0.39, 0.29) is 11.7 Å². The number of halogens is 1. The highest BCUT2D eigenvalue weighted by atomic mass is 79.9. The highest BCUT2D eigenvalue weighted by molar-refractivity contribution is 9.10. The van der Waals surface area contributed by atoms with Gasteiger partial charge in [-0.15, -0.1) is 11.3 Å². The molecule has 0 radical (unpaired) electrons. The third-order valence-corrected chi connectivity index (χ3v) is 5.34. The molecule has 5 nitrogen and oxygen atoms in total. The summed E-state index contributed by atoms with van der Waals surface area (Å²) in [4.78, 5) is 20.5. The Morgan fingerprint density at radius 3 is 3.00 bits per heavy atom. The third-order valence-electron chi connectivity index (χ3n) is 2.71. The van der Waals surface area contributed by atoms with Crippen LogP contribution in [0.1, 0.15) is 0 Å². The van der Waals surface area contributed by atoms with Crippen molar-refractivity contribution in [3.8, 4) is 0 Å². The van der Waals surface area contributed by atoms with Crippen molar-refractivity contribution in [3.05, 3.63) is 41.0 Å². The van der Waals surface area contributed by atoms with Gasteiger partial charge in [0.1, 0.15) is 5.82 Å². The maximum atomic E-state index is 11.9. The molecule has 3 N–H and O–H groups in total. The number of nitrogens with two attached hydrogens (primary N) is 1. The Balaban J connectivity index is 1.61. The van der Waals surface area contributed by atoms with Crippen molar-refractivity contribution in [1.29, 1.82) is 0 Å². The van der Waals surface area contributed by atoms with E-state index in [1.54, 1.807) is 12.3 Å². The molecule has 0 bridgehead atoms. The number of nitrogens with one attached hydrogen (secondary N) is 1. The fraction of sp³-hybridized carbons (Fsp3) is 0.0714. The second-order valence-electron chi connectivity index (χ2n) is 4.41. The molecule has 22 heavy (non-hydrogen) atoms. The topological polar surface area (TPSA) is 80.9 Å². The molecule has 0 aliphatic heterocycles. The molecule has 0 atom stereocenters. The van der Waals surface area contributed by atoms with Crippen molar-refractivity contribution in [2.45, 2.75) is 4.34 Å². The van der Waals surface area contributed by atoms with Gasteiger partial charge >= 0.3 is 0 Å². The normalized spacial score (nSPS) is 10.8. The SMILES string of the molecule is Nc1ccc2nc(SCC(=O)Nc3ccc(Br)cn3)sc2c1. The number of hydrogen-bond donors (Lipinski definition) is 2. The Hall–Kier alpha value is -1.64. The molecule has 3 rings (SSSR count). The van der Waals surface area contributed by atoms with Gasteiger partial charge in [0.2, 0.25) is 5.91 Å². The van der Waals surface area contributed by atoms with Crippen LogP contribution in [0.15, 0.2) is 45.3 Å². The van der Waals surface area contributed by atoms with Crippen LogP contribution in [-0.4, -0.2) is 21.6 Å². The first-order valence-corrected chi connectivity index (χ1v) is 8.90. The summed E-state index contributed by atoms with van der Waals surface area (Å²) >= 11 is 6.23. The van der Waals surface area contributed by atoms with E-state index in [1.807, 2.05) is 24.3 Å². The second-order valence-corrected chi connectivity index (χ2v) is 7.57. The molecular weight excluding hydrogens is 384 g/mol. The fourth-order valence-corrected chi connectivity index (χ4v) is 3.89. The van der Waals surface area contributed by atoms with Gasteiger partial charge in [-0.25, -0.2) is 9.97 Å². The number of thioether (sulfide) groups is 1. The largest absolute Gasteiger partial charge is 0.399 e. The fourth-order valence-electron chi connectivity index (χ4n) is 1.74. The van der Waals surface area contributed by atoms with Gasteiger partial charge in [0.05, 0.1) is 16.0 Å². The lowest BCUT2D eigenvalue weighted by molar-refractivity contribution is -0.113. The van der Waals surface area contributed by atoms with Crippen LogP contribution in [0.2, 0.25) is 0 Å². The first-order chi connectivity index (χ1) is 10.6. The third kappa shape index (κ3) is 3.76. The van der Waals surface area contributed by atoms with Crippen LogP contribution in [0.3, 0.4) is 0 Å². The van der Waals surface area contributed by atoms with E-state index in [9.17, 15) is 4.79 Å². The number of anilines is 2. The lowest BCUT2D eigenvalue weighted by Gasteiger charge is -2.02. The van der Waals surface area contributed by atoms with Crippen LogP contribution < -0.4 is 11.1 Å². The lowest BCUT2D eigenvalue weighted by atomic mass is 10.3. The highest BCUT2D eigenvalue weighted by Gasteiger charge is 2.09. The Kier molecular flexibility index (Phi) is 4.60. The monoisotopic (exact) mass is 394 g/mol. The number of aromatic nitrogens is 2. The van der Waals surface area contributed by atoms with Gasteiger partial charge in [-0.1, -0.05) is 11.8 Å². The van der Waals surface area contributed by atoms with Crippen molar-refractivity contribution in [3.63, 3.8) is 0 Å². The van der Waals surface area contributed by atoms with Crippen LogP contribution in [-0.2, 0) is 4.79 Å². The highest BCUT2D eigenvalue weighted by Crippen LogP contribution is 2.30.